The summed E-state index contributed by atoms with van der Waals surface area (Å²) in [6, 6.07) is 4.76. The minimum Gasteiger partial charge on any atom is -0.490 e. The molecule has 0 saturated heterocycles. The van der Waals surface area contributed by atoms with Gasteiger partial charge in [0.25, 0.3) is 5.91 Å². The molecule has 2 N–H and O–H groups in total. The lowest BCUT2D eigenvalue weighted by atomic mass is 9.84. The van der Waals surface area contributed by atoms with Gasteiger partial charge < -0.3 is 19.9 Å². The van der Waals surface area contributed by atoms with E-state index in [1.54, 1.807) is 30.0 Å². The summed E-state index contributed by atoms with van der Waals surface area (Å²) in [4.78, 5) is 23.0. The number of hydrogen-bond acceptors (Lipinski definition) is 5. The molecule has 1 aromatic carbocycles. The second-order valence-electron chi connectivity index (χ2n) is 5.70. The van der Waals surface area contributed by atoms with E-state index in [-0.39, 0.29) is 10.7 Å². The first kappa shape index (κ1) is 18.4. The van der Waals surface area contributed by atoms with Gasteiger partial charge in [0.1, 0.15) is 0 Å². The highest BCUT2D eigenvalue weighted by Crippen LogP contribution is 2.42. The molecule has 1 aliphatic carbocycles. The molecule has 1 amide bonds. The molecular weight excluding hydrogens is 330 g/mol. The van der Waals surface area contributed by atoms with Gasteiger partial charge in [-0.3, -0.25) is 4.79 Å². The fourth-order valence-corrected chi connectivity index (χ4v) is 3.46. The number of benzene rings is 1. The Hall–Kier alpha value is -1.89. The Labute approximate surface area is 145 Å². The summed E-state index contributed by atoms with van der Waals surface area (Å²) < 4.78 is 10.8. The average Bonchev–Trinajstić information content (AvgIpc) is 2.53. The van der Waals surface area contributed by atoms with Crippen LogP contribution >= 0.6 is 11.8 Å². The van der Waals surface area contributed by atoms with Gasteiger partial charge in [0, 0.05) is 16.9 Å². The molecule has 1 saturated carbocycles. The Morgan fingerprint density at radius 3 is 2.58 bits per heavy atom. The Bertz CT molecular complexity index is 595. The van der Waals surface area contributed by atoms with Crippen LogP contribution in [0.15, 0.2) is 18.2 Å². The number of carbonyl (C=O) groups excluding carboxylic acids is 1. The molecule has 1 aliphatic rings. The Morgan fingerprint density at radius 1 is 1.29 bits per heavy atom. The first-order valence-electron chi connectivity index (χ1n) is 7.94. The maximum atomic E-state index is 12.4. The zero-order chi connectivity index (χ0) is 17.6. The van der Waals surface area contributed by atoms with E-state index in [0.29, 0.717) is 30.2 Å². The summed E-state index contributed by atoms with van der Waals surface area (Å²) in [5.41, 5.74) is 0.469. The van der Waals surface area contributed by atoms with Crippen LogP contribution in [0.25, 0.3) is 0 Å². The largest absolute Gasteiger partial charge is 0.490 e. The quantitative estimate of drug-likeness (QED) is 0.710. The highest BCUT2D eigenvalue weighted by atomic mass is 32.2. The van der Waals surface area contributed by atoms with Crippen LogP contribution in [-0.2, 0) is 4.79 Å². The second kappa shape index (κ2) is 8.28. The van der Waals surface area contributed by atoms with Crippen LogP contribution in [0.5, 0.6) is 11.5 Å². The van der Waals surface area contributed by atoms with Crippen molar-refractivity contribution in [1.82, 2.24) is 5.32 Å². The number of rotatable bonds is 9. The predicted molar refractivity (Wildman–Crippen MR) is 93.2 cm³/mol. The number of carbonyl (C=O) groups is 2. The van der Waals surface area contributed by atoms with Gasteiger partial charge in [0.2, 0.25) is 0 Å². The molecule has 6 nitrogen and oxygen atoms in total. The Kier molecular flexibility index (Phi) is 6.36. The predicted octanol–water partition coefficient (Wildman–Crippen LogP) is 2.56. The topological polar surface area (TPSA) is 84.9 Å². The van der Waals surface area contributed by atoms with Crippen LogP contribution in [0.3, 0.4) is 0 Å². The van der Waals surface area contributed by atoms with E-state index in [1.807, 2.05) is 6.92 Å². The third kappa shape index (κ3) is 4.56. The van der Waals surface area contributed by atoms with E-state index < -0.39 is 12.6 Å². The fraction of sp³-hybridized carbons (Fsp3) is 0.529. The van der Waals surface area contributed by atoms with Crippen molar-refractivity contribution >= 4 is 23.6 Å². The Morgan fingerprint density at radius 2 is 2.04 bits per heavy atom. The third-order valence-corrected chi connectivity index (χ3v) is 5.54. The van der Waals surface area contributed by atoms with Gasteiger partial charge in [-0.25, -0.2) is 4.79 Å². The van der Waals surface area contributed by atoms with Gasteiger partial charge in [0.05, 0.1) is 6.61 Å². The lowest BCUT2D eigenvalue weighted by Crippen LogP contribution is -2.45. The number of thioether (sulfide) groups is 1. The zero-order valence-corrected chi connectivity index (χ0v) is 14.8. The van der Waals surface area contributed by atoms with E-state index in [0.717, 1.165) is 12.8 Å². The summed E-state index contributed by atoms with van der Waals surface area (Å²) in [6.07, 6.45) is 5.54. The molecule has 0 spiro atoms. The minimum atomic E-state index is -1.07. The molecule has 0 bridgehead atoms. The van der Waals surface area contributed by atoms with Crippen molar-refractivity contribution in [2.45, 2.75) is 30.9 Å². The maximum absolute atomic E-state index is 12.4. The van der Waals surface area contributed by atoms with Crippen molar-refractivity contribution < 1.29 is 24.2 Å². The summed E-state index contributed by atoms with van der Waals surface area (Å²) in [5, 5.41) is 11.7. The van der Waals surface area contributed by atoms with Crippen LogP contribution in [0.4, 0.5) is 0 Å². The first-order chi connectivity index (χ1) is 11.5. The van der Waals surface area contributed by atoms with E-state index in [9.17, 15) is 9.59 Å². The first-order valence-corrected chi connectivity index (χ1v) is 9.17. The third-order valence-electron chi connectivity index (χ3n) is 4.13. The highest BCUT2D eigenvalue weighted by molar-refractivity contribution is 8.00. The number of hydrogen-bond donors (Lipinski definition) is 2. The molecule has 0 radical (unpaired) electrons. The molecule has 1 fully saturated rings. The number of carboxylic acids is 1. The fourth-order valence-electron chi connectivity index (χ4n) is 2.54. The normalized spacial score (nSPS) is 15.2. The molecule has 7 heteroatoms. The van der Waals surface area contributed by atoms with Crippen LogP contribution in [0, 0.1) is 0 Å². The van der Waals surface area contributed by atoms with Gasteiger partial charge in [-0.2, -0.15) is 11.8 Å². The summed E-state index contributed by atoms with van der Waals surface area (Å²) in [7, 11) is 0. The van der Waals surface area contributed by atoms with Crippen molar-refractivity contribution in [1.29, 1.82) is 0 Å². The van der Waals surface area contributed by atoms with E-state index in [1.165, 1.54) is 6.42 Å². The monoisotopic (exact) mass is 353 g/mol. The molecule has 0 atom stereocenters. The van der Waals surface area contributed by atoms with Crippen LogP contribution < -0.4 is 14.8 Å². The van der Waals surface area contributed by atoms with E-state index in [4.69, 9.17) is 14.6 Å². The van der Waals surface area contributed by atoms with Crippen LogP contribution in [0.1, 0.15) is 36.5 Å². The summed E-state index contributed by atoms with van der Waals surface area (Å²) in [5.74, 6) is -0.548. The van der Waals surface area contributed by atoms with Crippen molar-refractivity contribution in [2.75, 3.05) is 26.0 Å². The van der Waals surface area contributed by atoms with E-state index in [2.05, 4.69) is 11.6 Å². The van der Waals surface area contributed by atoms with E-state index >= 15 is 0 Å². The Balaban J connectivity index is 2.04. The molecule has 0 aliphatic heterocycles. The molecule has 132 valence electrons. The van der Waals surface area contributed by atoms with Crippen LogP contribution in [0.2, 0.25) is 0 Å². The molecule has 2 rings (SSSR count). The van der Waals surface area contributed by atoms with Gasteiger partial charge in [-0.15, -0.1) is 0 Å². The minimum absolute atomic E-state index is 0.166. The van der Waals surface area contributed by atoms with Crippen molar-refractivity contribution in [2.24, 2.45) is 0 Å². The summed E-state index contributed by atoms with van der Waals surface area (Å²) in [6.45, 7) is 2.40. The molecule has 24 heavy (non-hydrogen) atoms. The van der Waals surface area contributed by atoms with Gasteiger partial charge >= 0.3 is 5.97 Å². The SMILES string of the molecule is CCOc1cc(C(=O)NCC2(SC)CCC2)ccc1OCC(=O)O. The van der Waals surface area contributed by atoms with Crippen molar-refractivity contribution in [3.05, 3.63) is 23.8 Å². The lowest BCUT2D eigenvalue weighted by Gasteiger charge is -2.40. The molecule has 0 heterocycles. The molecule has 1 aromatic rings. The van der Waals surface area contributed by atoms with Gasteiger partial charge in [-0.05, 0) is 44.2 Å². The number of amides is 1. The second-order valence-corrected chi connectivity index (χ2v) is 6.97. The van der Waals surface area contributed by atoms with Crippen molar-refractivity contribution in [3.63, 3.8) is 0 Å². The van der Waals surface area contributed by atoms with Crippen LogP contribution in [-0.4, -0.2) is 47.7 Å². The molecular formula is C17H23NO5S. The number of carboxylic acid groups (broad SMARTS) is 1. The van der Waals surface area contributed by atoms with Gasteiger partial charge in [-0.1, -0.05) is 6.42 Å². The lowest BCUT2D eigenvalue weighted by molar-refractivity contribution is -0.139. The molecule has 0 aromatic heterocycles. The smallest absolute Gasteiger partial charge is 0.341 e. The number of aliphatic carboxylic acids is 1. The number of nitrogens with one attached hydrogen (secondary N) is 1. The maximum Gasteiger partial charge on any atom is 0.341 e. The standard InChI is InChI=1S/C17H23NO5S/c1-3-22-14-9-12(5-6-13(14)23-10-15(19)20)16(21)18-11-17(24-2)7-4-8-17/h5-6,9H,3-4,7-8,10-11H2,1-2H3,(H,18,21)(H,19,20). The average molecular weight is 353 g/mol. The molecule has 0 unspecified atom stereocenters. The zero-order valence-electron chi connectivity index (χ0n) is 14.0. The highest BCUT2D eigenvalue weighted by Gasteiger charge is 2.36. The van der Waals surface area contributed by atoms with Crippen molar-refractivity contribution in [3.8, 4) is 11.5 Å². The number of ether oxygens (including phenoxy) is 2. The van der Waals surface area contributed by atoms with Gasteiger partial charge in [0.15, 0.2) is 18.1 Å². The summed E-state index contributed by atoms with van der Waals surface area (Å²) >= 11 is 1.80.